The molecule has 0 amide bonds. The van der Waals surface area contributed by atoms with E-state index in [1.165, 1.54) is 69.3 Å². The lowest BCUT2D eigenvalue weighted by atomic mass is 9.94. The summed E-state index contributed by atoms with van der Waals surface area (Å²) in [7, 11) is 0. The Balaban J connectivity index is 2.12. The van der Waals surface area contributed by atoms with Gasteiger partial charge in [-0.15, -0.1) is 0 Å². The Hall–Kier alpha value is -6.25. The van der Waals surface area contributed by atoms with Crippen LogP contribution in [0.2, 0.25) is 0 Å². The van der Waals surface area contributed by atoms with Gasteiger partial charge in [0.05, 0.1) is 42.6 Å². The van der Waals surface area contributed by atoms with Crippen molar-refractivity contribution in [2.45, 2.75) is 78.1 Å². The first-order chi connectivity index (χ1) is 26.1. The molecule has 0 heterocycles. The maximum atomic E-state index is 13.8. The maximum Gasteiger partial charge on any atom is 0.315 e. The average Bonchev–Trinajstić information content (AvgIpc) is 3.09. The van der Waals surface area contributed by atoms with E-state index in [1.54, 1.807) is 12.1 Å². The number of aryl methyl sites for hydroxylation is 1. The Kier molecular flexibility index (Phi) is 14.5. The summed E-state index contributed by atoms with van der Waals surface area (Å²) in [5.74, 6) is -6.90. The van der Waals surface area contributed by atoms with Crippen LogP contribution in [0.5, 0.6) is 34.5 Å². The summed E-state index contributed by atoms with van der Waals surface area (Å²) in [6.07, 6.45) is -4.88. The van der Waals surface area contributed by atoms with Gasteiger partial charge in [0, 0.05) is 13.3 Å². The molecule has 0 radical (unpaired) electrons. The third-order valence-corrected chi connectivity index (χ3v) is 7.70. The van der Waals surface area contributed by atoms with Crippen LogP contribution in [0.15, 0.2) is 78.9 Å². The fourth-order valence-electron chi connectivity index (χ4n) is 5.39. The number of aliphatic hydroxyl groups excluding tert-OH is 2. The fourth-order valence-corrected chi connectivity index (χ4v) is 5.39. The molecule has 290 valence electrons. The van der Waals surface area contributed by atoms with Crippen molar-refractivity contribution in [2.24, 2.45) is 0 Å². The topological polar surface area (TPSA) is 212 Å². The van der Waals surface area contributed by atoms with Crippen molar-refractivity contribution in [3.63, 3.8) is 0 Å². The molecular weight excluding hydrogens is 716 g/mol. The van der Waals surface area contributed by atoms with Gasteiger partial charge in [-0.1, -0.05) is 54.6 Å². The number of hydrogen-bond acceptors (Lipinski definition) is 14. The lowest BCUT2D eigenvalue weighted by Gasteiger charge is -2.25. The van der Waals surface area contributed by atoms with Crippen molar-refractivity contribution in [3.05, 3.63) is 84.4 Å². The van der Waals surface area contributed by atoms with E-state index in [-0.39, 0.29) is 46.6 Å². The predicted molar refractivity (Wildman–Crippen MR) is 196 cm³/mol. The molecule has 0 fully saturated rings. The van der Waals surface area contributed by atoms with E-state index in [1.807, 2.05) is 18.2 Å². The number of phenolic OH excluding ortho intramolecular Hbond substituents is 2. The second-order valence-corrected chi connectivity index (χ2v) is 12.8. The summed E-state index contributed by atoms with van der Waals surface area (Å²) in [4.78, 5) is 65.8. The van der Waals surface area contributed by atoms with Gasteiger partial charge in [-0.05, 0) is 68.1 Å². The predicted octanol–water partition coefficient (Wildman–Crippen LogP) is 5.57. The molecule has 0 aliphatic rings. The third-order valence-electron chi connectivity index (χ3n) is 7.70. The van der Waals surface area contributed by atoms with Gasteiger partial charge in [0.15, 0.2) is 23.0 Å². The number of esters is 5. The van der Waals surface area contributed by atoms with Crippen molar-refractivity contribution in [1.82, 2.24) is 0 Å². The number of rotatable bonds is 16. The Bertz CT molecular complexity index is 1980. The van der Waals surface area contributed by atoms with Crippen molar-refractivity contribution >= 4 is 29.8 Å². The zero-order valence-electron chi connectivity index (χ0n) is 30.6. The fraction of sp³-hybridized carbons (Fsp3) is 0.293. The van der Waals surface area contributed by atoms with Crippen LogP contribution in [-0.2, 0) is 35.1 Å². The second kappa shape index (κ2) is 19.2. The summed E-state index contributed by atoms with van der Waals surface area (Å²) in [5.41, 5.74) is 0.508. The molecule has 3 unspecified atom stereocenters. The zero-order valence-corrected chi connectivity index (χ0v) is 30.6. The zero-order chi connectivity index (χ0) is 40.2. The van der Waals surface area contributed by atoms with Gasteiger partial charge < -0.3 is 44.1 Å². The van der Waals surface area contributed by atoms with Crippen LogP contribution in [0.3, 0.4) is 0 Å². The number of hydrogen-bond donors (Lipinski definition) is 4. The highest BCUT2D eigenvalue weighted by Crippen LogP contribution is 2.58. The summed E-state index contributed by atoms with van der Waals surface area (Å²) in [6, 6.07) is 19.6. The summed E-state index contributed by atoms with van der Waals surface area (Å²) >= 11 is 0. The minimum Gasteiger partial charge on any atom is -0.508 e. The van der Waals surface area contributed by atoms with Crippen LogP contribution in [0.4, 0.5) is 0 Å². The summed E-state index contributed by atoms with van der Waals surface area (Å²) < 4.78 is 28.8. The molecular formula is C41H42O14. The van der Waals surface area contributed by atoms with E-state index >= 15 is 0 Å². The van der Waals surface area contributed by atoms with Crippen molar-refractivity contribution in [3.8, 4) is 56.8 Å². The number of ether oxygens (including phenoxy) is 5. The van der Waals surface area contributed by atoms with Gasteiger partial charge in [0.25, 0.3) is 0 Å². The first-order valence-corrected chi connectivity index (χ1v) is 17.3. The number of carbonyl (C=O) groups excluding carboxylic acids is 5. The Morgan fingerprint density at radius 2 is 0.927 bits per heavy atom. The van der Waals surface area contributed by atoms with Crippen molar-refractivity contribution in [2.75, 3.05) is 0 Å². The molecule has 0 spiro atoms. The molecule has 4 N–H and O–H groups in total. The van der Waals surface area contributed by atoms with Gasteiger partial charge >= 0.3 is 29.8 Å². The highest BCUT2D eigenvalue weighted by atomic mass is 16.6. The first-order valence-electron chi connectivity index (χ1n) is 17.3. The van der Waals surface area contributed by atoms with Crippen LogP contribution in [0.25, 0.3) is 22.3 Å². The summed E-state index contributed by atoms with van der Waals surface area (Å²) in [5, 5.41) is 40.5. The molecule has 0 saturated heterocycles. The van der Waals surface area contributed by atoms with Gasteiger partial charge in [-0.2, -0.15) is 0 Å². The number of carbonyl (C=O) groups is 5. The molecule has 3 atom stereocenters. The molecule has 0 aliphatic heterocycles. The van der Waals surface area contributed by atoms with Gasteiger partial charge in [0.2, 0.25) is 0 Å². The molecule has 4 aromatic rings. The largest absolute Gasteiger partial charge is 0.508 e. The minimum absolute atomic E-state index is 0.0990. The quantitative estimate of drug-likeness (QED) is 0.0813. The van der Waals surface area contributed by atoms with Gasteiger partial charge in [-0.25, -0.2) is 0 Å². The lowest BCUT2D eigenvalue weighted by Crippen LogP contribution is -2.22. The number of benzene rings is 4. The minimum atomic E-state index is -1.19. The van der Waals surface area contributed by atoms with Crippen LogP contribution in [0.1, 0.15) is 58.9 Å². The maximum absolute atomic E-state index is 13.8. The smallest absolute Gasteiger partial charge is 0.315 e. The second-order valence-electron chi connectivity index (χ2n) is 12.8. The van der Waals surface area contributed by atoms with E-state index in [0.29, 0.717) is 0 Å². The van der Waals surface area contributed by atoms with Crippen LogP contribution < -0.4 is 18.9 Å². The Morgan fingerprint density at radius 1 is 0.545 bits per heavy atom. The SMILES string of the molecule is CC(=O)OC(C)CC(=O)Oc1c(OC(=O)CC(C)O)c(-c2ccc(O)cc2)c(OC(=O)CC(C)O)c(OC(=O)CCc2ccccc2)c1-c1ccc(O)cc1. The average molecular weight is 759 g/mol. The number of aromatic hydroxyl groups is 2. The van der Waals surface area contributed by atoms with Crippen molar-refractivity contribution in [1.29, 1.82) is 0 Å². The molecule has 0 bridgehead atoms. The monoisotopic (exact) mass is 758 g/mol. The normalized spacial score (nSPS) is 12.5. The molecule has 0 aliphatic carbocycles. The number of phenols is 2. The van der Waals surface area contributed by atoms with E-state index in [4.69, 9.17) is 23.7 Å². The third kappa shape index (κ3) is 12.1. The summed E-state index contributed by atoms with van der Waals surface area (Å²) in [6.45, 7) is 5.28. The molecule has 14 heteroatoms. The Labute approximate surface area is 316 Å². The number of aliphatic hydroxyl groups is 2. The van der Waals surface area contributed by atoms with Gasteiger partial charge in [-0.3, -0.25) is 24.0 Å². The standard InChI is InChI=1S/C41H42O14/c1-23(42)20-33(48)53-39-37(29-13-17-31(46)18-14-29)40(54-34(49)21-24(2)43)41(55-35(50)22-25(3)51-26(4)44)36(28-11-15-30(45)16-12-28)38(39)52-32(47)19-10-27-8-6-5-7-9-27/h5-9,11-18,23-25,42-43,45-46H,10,19-22H2,1-4H3. The highest BCUT2D eigenvalue weighted by molar-refractivity contribution is 5.99. The molecule has 4 aromatic carbocycles. The van der Waals surface area contributed by atoms with Crippen LogP contribution in [0, 0.1) is 0 Å². The molecule has 0 saturated carbocycles. The molecule has 0 aromatic heterocycles. The van der Waals surface area contributed by atoms with E-state index in [9.17, 15) is 44.4 Å². The Morgan fingerprint density at radius 3 is 1.31 bits per heavy atom. The highest BCUT2D eigenvalue weighted by Gasteiger charge is 2.36. The van der Waals surface area contributed by atoms with Crippen molar-refractivity contribution < 1.29 is 68.1 Å². The van der Waals surface area contributed by atoms with E-state index in [0.717, 1.165) is 12.5 Å². The molecule has 55 heavy (non-hydrogen) atoms. The van der Waals surface area contributed by atoms with E-state index in [2.05, 4.69) is 0 Å². The van der Waals surface area contributed by atoms with Crippen LogP contribution in [-0.4, -0.2) is 68.6 Å². The van der Waals surface area contributed by atoms with Gasteiger partial charge in [0.1, 0.15) is 17.6 Å². The molecule has 14 nitrogen and oxygen atoms in total. The molecule has 4 rings (SSSR count). The first kappa shape index (κ1) is 41.5. The lowest BCUT2D eigenvalue weighted by molar-refractivity contribution is -0.149. The van der Waals surface area contributed by atoms with E-state index < -0.39 is 90.4 Å². The van der Waals surface area contributed by atoms with Crippen LogP contribution >= 0.6 is 0 Å².